The zero-order valence-electron chi connectivity index (χ0n) is 16.4. The van der Waals surface area contributed by atoms with E-state index in [0.717, 1.165) is 6.26 Å². The summed E-state index contributed by atoms with van der Waals surface area (Å²) in [5, 5.41) is 0. The van der Waals surface area contributed by atoms with Crippen LogP contribution in [-0.2, 0) is 9.84 Å². The fraction of sp³-hybridized carbons (Fsp3) is 0.182. The second-order valence-corrected chi connectivity index (χ2v) is 8.87. The minimum absolute atomic E-state index is 0.113. The average molecular weight is 410 g/mol. The van der Waals surface area contributed by atoms with Crippen LogP contribution in [0.4, 0.5) is 5.69 Å². The lowest BCUT2D eigenvalue weighted by molar-refractivity contribution is 0.0980. The Labute approximate surface area is 170 Å². The van der Waals surface area contributed by atoms with Crippen molar-refractivity contribution in [2.45, 2.75) is 24.8 Å². The van der Waals surface area contributed by atoms with Gasteiger partial charge >= 0.3 is 0 Å². The molecule has 3 rings (SSSR count). The normalized spacial score (nSPS) is 11.3. The van der Waals surface area contributed by atoms with Crippen LogP contribution in [0.3, 0.4) is 0 Å². The molecule has 0 bridgehead atoms. The predicted octanol–water partition coefficient (Wildman–Crippen LogP) is 4.33. The molecule has 0 aliphatic carbocycles. The van der Waals surface area contributed by atoms with Crippen molar-refractivity contribution < 1.29 is 17.9 Å². The smallest absolute Gasteiger partial charge is 0.258 e. The SMILES string of the molecule is CC(C)N(C(=O)c1ccc(Oc2cccnc2)cc1)c1ccc(S(C)(=O)=O)cc1. The first-order valence-electron chi connectivity index (χ1n) is 9.07. The molecule has 7 heteroatoms. The molecule has 0 saturated carbocycles. The van der Waals surface area contributed by atoms with Gasteiger partial charge in [-0.05, 0) is 74.5 Å². The number of nitrogens with zero attached hydrogens (tertiary/aromatic N) is 2. The average Bonchev–Trinajstić information content (AvgIpc) is 2.69. The molecule has 3 aromatic rings. The lowest BCUT2D eigenvalue weighted by Crippen LogP contribution is -2.37. The summed E-state index contributed by atoms with van der Waals surface area (Å²) in [4.78, 5) is 18.9. The molecule has 29 heavy (non-hydrogen) atoms. The first-order valence-corrected chi connectivity index (χ1v) is 11.0. The fourth-order valence-electron chi connectivity index (χ4n) is 2.85. The molecular formula is C22H22N2O4S. The van der Waals surface area contributed by atoms with Crippen LogP contribution < -0.4 is 9.64 Å². The van der Waals surface area contributed by atoms with Crippen LogP contribution >= 0.6 is 0 Å². The van der Waals surface area contributed by atoms with Gasteiger partial charge in [-0.3, -0.25) is 9.78 Å². The highest BCUT2D eigenvalue weighted by Crippen LogP contribution is 2.25. The van der Waals surface area contributed by atoms with Crippen molar-refractivity contribution in [2.24, 2.45) is 0 Å². The molecule has 0 spiro atoms. The van der Waals surface area contributed by atoms with Crippen LogP contribution in [0.2, 0.25) is 0 Å². The van der Waals surface area contributed by atoms with Crippen molar-refractivity contribution in [1.29, 1.82) is 0 Å². The van der Waals surface area contributed by atoms with Crippen molar-refractivity contribution in [3.8, 4) is 11.5 Å². The van der Waals surface area contributed by atoms with Crippen molar-refractivity contribution in [2.75, 3.05) is 11.2 Å². The van der Waals surface area contributed by atoms with Gasteiger partial charge in [0.25, 0.3) is 5.91 Å². The zero-order chi connectivity index (χ0) is 21.0. The molecule has 0 N–H and O–H groups in total. The highest BCUT2D eigenvalue weighted by Gasteiger charge is 2.21. The van der Waals surface area contributed by atoms with E-state index < -0.39 is 9.84 Å². The van der Waals surface area contributed by atoms with Gasteiger partial charge in [-0.15, -0.1) is 0 Å². The van der Waals surface area contributed by atoms with E-state index in [9.17, 15) is 13.2 Å². The van der Waals surface area contributed by atoms with Gasteiger partial charge in [0.15, 0.2) is 9.84 Å². The molecule has 6 nitrogen and oxygen atoms in total. The molecule has 1 aromatic heterocycles. The number of benzene rings is 2. The maximum Gasteiger partial charge on any atom is 0.258 e. The highest BCUT2D eigenvalue weighted by molar-refractivity contribution is 7.90. The van der Waals surface area contributed by atoms with Gasteiger partial charge in [0.1, 0.15) is 11.5 Å². The molecule has 0 aliphatic heterocycles. The number of rotatable bonds is 6. The molecule has 0 radical (unpaired) electrons. The third-order valence-electron chi connectivity index (χ3n) is 4.25. The second-order valence-electron chi connectivity index (χ2n) is 6.85. The summed E-state index contributed by atoms with van der Waals surface area (Å²) in [5.41, 5.74) is 1.14. The number of aromatic nitrogens is 1. The Morgan fingerprint density at radius 3 is 2.14 bits per heavy atom. The molecule has 2 aromatic carbocycles. The standard InChI is InChI=1S/C22H22N2O4S/c1-16(2)24(18-8-12-21(13-9-18)29(3,26)27)22(25)17-6-10-19(11-7-17)28-20-5-4-14-23-15-20/h4-16H,1-3H3. The van der Waals surface area contributed by atoms with Crippen molar-refractivity contribution in [3.63, 3.8) is 0 Å². The van der Waals surface area contributed by atoms with E-state index in [1.54, 1.807) is 65.8 Å². The number of hydrogen-bond donors (Lipinski definition) is 0. The van der Waals surface area contributed by atoms with Gasteiger partial charge in [0.05, 0.1) is 11.1 Å². The molecule has 0 unspecified atom stereocenters. The summed E-state index contributed by atoms with van der Waals surface area (Å²) in [6, 6.07) is 16.6. The lowest BCUT2D eigenvalue weighted by Gasteiger charge is -2.27. The van der Waals surface area contributed by atoms with Crippen LogP contribution in [0, 0.1) is 0 Å². The van der Waals surface area contributed by atoms with Crippen molar-refractivity contribution in [1.82, 2.24) is 4.98 Å². The van der Waals surface area contributed by atoms with Gasteiger partial charge < -0.3 is 9.64 Å². The number of sulfone groups is 1. The number of carbonyl (C=O) groups excluding carboxylic acids is 1. The van der Waals surface area contributed by atoms with E-state index >= 15 is 0 Å². The Morgan fingerprint density at radius 1 is 0.966 bits per heavy atom. The molecule has 1 heterocycles. The molecule has 0 aliphatic rings. The van der Waals surface area contributed by atoms with Crippen molar-refractivity contribution >= 4 is 21.4 Å². The summed E-state index contributed by atoms with van der Waals surface area (Å²) in [7, 11) is -3.29. The minimum atomic E-state index is -3.29. The first-order chi connectivity index (χ1) is 13.8. The van der Waals surface area contributed by atoms with Gasteiger partial charge in [-0.1, -0.05) is 0 Å². The zero-order valence-corrected chi connectivity index (χ0v) is 17.3. The van der Waals surface area contributed by atoms with Gasteiger partial charge in [-0.2, -0.15) is 0 Å². The summed E-state index contributed by atoms with van der Waals surface area (Å²) in [6.45, 7) is 3.81. The number of ether oxygens (including phenoxy) is 1. The number of anilines is 1. The second kappa shape index (κ2) is 8.45. The minimum Gasteiger partial charge on any atom is -0.456 e. The summed E-state index contributed by atoms with van der Waals surface area (Å²) in [6.07, 6.45) is 4.43. The molecule has 150 valence electrons. The highest BCUT2D eigenvalue weighted by atomic mass is 32.2. The Bertz CT molecular complexity index is 1080. The molecule has 0 fully saturated rings. The lowest BCUT2D eigenvalue weighted by atomic mass is 10.1. The van der Waals surface area contributed by atoms with Crippen LogP contribution in [0.15, 0.2) is 78.0 Å². The van der Waals surface area contributed by atoms with Gasteiger partial charge in [0, 0.05) is 29.7 Å². The number of hydrogen-bond acceptors (Lipinski definition) is 5. The van der Waals surface area contributed by atoms with E-state index in [0.29, 0.717) is 22.7 Å². The first kappa shape index (κ1) is 20.5. The largest absolute Gasteiger partial charge is 0.456 e. The quantitative estimate of drug-likeness (QED) is 0.604. The third kappa shape index (κ3) is 5.00. The van der Waals surface area contributed by atoms with E-state index in [-0.39, 0.29) is 16.8 Å². The van der Waals surface area contributed by atoms with Crippen LogP contribution in [-0.4, -0.2) is 31.6 Å². The number of pyridine rings is 1. The topological polar surface area (TPSA) is 76.6 Å². The molecular weight excluding hydrogens is 388 g/mol. The molecule has 0 atom stereocenters. The van der Waals surface area contributed by atoms with Gasteiger partial charge in [0.2, 0.25) is 0 Å². The fourth-order valence-corrected chi connectivity index (χ4v) is 3.48. The number of amides is 1. The van der Waals surface area contributed by atoms with Crippen LogP contribution in [0.25, 0.3) is 0 Å². The molecule has 1 amide bonds. The summed E-state index contributed by atoms with van der Waals surface area (Å²) < 4.78 is 29.0. The van der Waals surface area contributed by atoms with Crippen LogP contribution in [0.5, 0.6) is 11.5 Å². The Balaban J connectivity index is 1.82. The molecule has 0 saturated heterocycles. The van der Waals surface area contributed by atoms with E-state index in [1.807, 2.05) is 13.8 Å². The maximum atomic E-state index is 13.1. The predicted molar refractivity (Wildman–Crippen MR) is 112 cm³/mol. The van der Waals surface area contributed by atoms with Gasteiger partial charge in [-0.25, -0.2) is 8.42 Å². The Hall–Kier alpha value is -3.19. The van der Waals surface area contributed by atoms with E-state index in [4.69, 9.17) is 4.74 Å². The van der Waals surface area contributed by atoms with Crippen molar-refractivity contribution in [3.05, 3.63) is 78.6 Å². The van der Waals surface area contributed by atoms with E-state index in [2.05, 4.69) is 4.98 Å². The van der Waals surface area contributed by atoms with Crippen LogP contribution in [0.1, 0.15) is 24.2 Å². The summed E-state index contributed by atoms with van der Waals surface area (Å²) in [5.74, 6) is 1.03. The Morgan fingerprint density at radius 2 is 1.62 bits per heavy atom. The third-order valence-corrected chi connectivity index (χ3v) is 5.38. The summed E-state index contributed by atoms with van der Waals surface area (Å²) >= 11 is 0. The Kier molecular flexibility index (Phi) is 5.98. The van der Waals surface area contributed by atoms with E-state index in [1.165, 1.54) is 12.1 Å². The maximum absolute atomic E-state index is 13.1. The number of carbonyl (C=O) groups is 1. The monoisotopic (exact) mass is 410 g/mol.